The Morgan fingerprint density at radius 3 is 2.37 bits per heavy atom. The predicted molar refractivity (Wildman–Crippen MR) is 113 cm³/mol. The zero-order valence-electron chi connectivity index (χ0n) is 16.6. The summed E-state index contributed by atoms with van der Waals surface area (Å²) in [7, 11) is 0. The highest BCUT2D eigenvalue weighted by molar-refractivity contribution is 5.51. The summed E-state index contributed by atoms with van der Waals surface area (Å²) in [5, 5.41) is 3.65. The van der Waals surface area contributed by atoms with Gasteiger partial charge < -0.3 is 15.1 Å². The molecule has 2 aromatic rings. The van der Waals surface area contributed by atoms with E-state index in [9.17, 15) is 0 Å². The number of rotatable bonds is 4. The molecule has 1 aromatic carbocycles. The van der Waals surface area contributed by atoms with Gasteiger partial charge in [0.25, 0.3) is 0 Å². The molecule has 0 unspecified atom stereocenters. The van der Waals surface area contributed by atoms with Crippen LogP contribution in [0.3, 0.4) is 0 Å². The second-order valence-electron chi connectivity index (χ2n) is 7.99. The number of anilines is 3. The van der Waals surface area contributed by atoms with E-state index in [2.05, 4.69) is 59.3 Å². The van der Waals surface area contributed by atoms with Crippen LogP contribution in [0.25, 0.3) is 0 Å². The van der Waals surface area contributed by atoms with Gasteiger partial charge in [0.05, 0.1) is 0 Å². The average Bonchev–Trinajstić information content (AvgIpc) is 2.68. The van der Waals surface area contributed by atoms with Crippen LogP contribution in [0.15, 0.2) is 30.3 Å². The minimum atomic E-state index is 0.569. The van der Waals surface area contributed by atoms with Crippen molar-refractivity contribution in [3.8, 4) is 0 Å². The molecule has 27 heavy (non-hydrogen) atoms. The van der Waals surface area contributed by atoms with Crippen LogP contribution in [-0.4, -0.2) is 42.2 Å². The van der Waals surface area contributed by atoms with Gasteiger partial charge in [0.1, 0.15) is 5.82 Å². The van der Waals surface area contributed by atoms with Crippen molar-refractivity contribution in [3.05, 3.63) is 41.6 Å². The first-order valence-electron chi connectivity index (χ1n) is 10.4. The highest BCUT2D eigenvalue weighted by Gasteiger charge is 2.21. The summed E-state index contributed by atoms with van der Waals surface area (Å²) in [6.45, 7) is 8.15. The Bertz CT molecular complexity index is 761. The summed E-state index contributed by atoms with van der Waals surface area (Å²) < 4.78 is 0. The Labute approximate surface area is 162 Å². The second-order valence-corrected chi connectivity index (χ2v) is 7.99. The quantitative estimate of drug-likeness (QED) is 0.881. The topological polar surface area (TPSA) is 44.3 Å². The Kier molecular flexibility index (Phi) is 5.46. The minimum absolute atomic E-state index is 0.569. The normalized spacial score (nSPS) is 18.6. The van der Waals surface area contributed by atoms with Gasteiger partial charge in [-0.2, -0.15) is 4.98 Å². The fourth-order valence-electron chi connectivity index (χ4n) is 4.21. The van der Waals surface area contributed by atoms with Crippen molar-refractivity contribution in [2.24, 2.45) is 0 Å². The lowest BCUT2D eigenvalue weighted by Crippen LogP contribution is -2.47. The summed E-state index contributed by atoms with van der Waals surface area (Å²) in [5.74, 6) is 1.86. The molecular weight excluding hydrogens is 334 g/mol. The van der Waals surface area contributed by atoms with Crippen LogP contribution in [0.4, 0.5) is 17.5 Å². The first kappa shape index (κ1) is 18.1. The molecule has 5 nitrogen and oxygen atoms in total. The Hall–Kier alpha value is -2.30. The van der Waals surface area contributed by atoms with Crippen LogP contribution in [0.1, 0.15) is 43.4 Å². The summed E-state index contributed by atoms with van der Waals surface area (Å²) in [6, 6.07) is 11.4. The number of aryl methyl sites for hydroxylation is 2. The van der Waals surface area contributed by atoms with Crippen molar-refractivity contribution in [1.29, 1.82) is 0 Å². The van der Waals surface area contributed by atoms with Crippen molar-refractivity contribution in [1.82, 2.24) is 9.97 Å². The smallest absolute Gasteiger partial charge is 0.227 e. The van der Waals surface area contributed by atoms with Crippen LogP contribution in [0, 0.1) is 13.8 Å². The third-order valence-electron chi connectivity index (χ3n) is 5.73. The molecule has 0 atom stereocenters. The Morgan fingerprint density at radius 1 is 0.889 bits per heavy atom. The van der Waals surface area contributed by atoms with Gasteiger partial charge in [-0.3, -0.25) is 0 Å². The zero-order valence-corrected chi connectivity index (χ0v) is 16.6. The van der Waals surface area contributed by atoms with E-state index in [0.717, 1.165) is 43.6 Å². The molecule has 5 heteroatoms. The maximum atomic E-state index is 4.85. The van der Waals surface area contributed by atoms with Gasteiger partial charge in [-0.1, -0.05) is 31.4 Å². The number of nitrogens with one attached hydrogen (secondary N) is 1. The molecule has 0 bridgehead atoms. The first-order valence-corrected chi connectivity index (χ1v) is 10.4. The monoisotopic (exact) mass is 365 g/mol. The van der Waals surface area contributed by atoms with Crippen molar-refractivity contribution >= 4 is 17.5 Å². The van der Waals surface area contributed by atoms with Gasteiger partial charge >= 0.3 is 0 Å². The number of benzene rings is 1. The predicted octanol–water partition coefficient (Wildman–Crippen LogP) is 4.16. The van der Waals surface area contributed by atoms with Crippen LogP contribution in [0.5, 0.6) is 0 Å². The summed E-state index contributed by atoms with van der Waals surface area (Å²) in [4.78, 5) is 14.4. The average molecular weight is 366 g/mol. The van der Waals surface area contributed by atoms with E-state index in [4.69, 9.17) is 9.97 Å². The molecule has 1 aliphatic heterocycles. The third kappa shape index (κ3) is 4.52. The first-order chi connectivity index (χ1) is 13.2. The van der Waals surface area contributed by atoms with Gasteiger partial charge in [0.2, 0.25) is 5.95 Å². The van der Waals surface area contributed by atoms with E-state index < -0.39 is 0 Å². The number of hydrogen-bond donors (Lipinski definition) is 1. The highest BCUT2D eigenvalue weighted by atomic mass is 15.3. The maximum absolute atomic E-state index is 4.85. The minimum Gasteiger partial charge on any atom is -0.368 e. The van der Waals surface area contributed by atoms with E-state index in [1.165, 1.54) is 43.4 Å². The summed E-state index contributed by atoms with van der Waals surface area (Å²) >= 11 is 0. The van der Waals surface area contributed by atoms with Crippen LogP contribution < -0.4 is 15.1 Å². The summed E-state index contributed by atoms with van der Waals surface area (Å²) in [5.41, 5.74) is 3.68. The zero-order chi connectivity index (χ0) is 18.6. The van der Waals surface area contributed by atoms with Gasteiger partial charge in [0, 0.05) is 49.7 Å². The van der Waals surface area contributed by atoms with Crippen LogP contribution >= 0.6 is 0 Å². The molecule has 0 radical (unpaired) electrons. The number of nitrogens with zero attached hydrogens (tertiary/aromatic N) is 4. The van der Waals surface area contributed by atoms with E-state index in [1.807, 2.05) is 0 Å². The fourth-order valence-corrected chi connectivity index (χ4v) is 4.21. The standard InChI is InChI=1S/C22H31N5/c1-17-7-6-10-20(15-17)26-11-13-27(14-12-26)22-23-18(2)16-21(25-22)24-19-8-4-3-5-9-19/h6-7,10,15-16,19H,3-5,8-9,11-14H2,1-2H3,(H,23,24,25). The van der Waals surface area contributed by atoms with Crippen LogP contribution in [-0.2, 0) is 0 Å². The van der Waals surface area contributed by atoms with Crippen LogP contribution in [0.2, 0.25) is 0 Å². The van der Waals surface area contributed by atoms with Crippen molar-refractivity contribution in [3.63, 3.8) is 0 Å². The molecule has 4 rings (SSSR count). The lowest BCUT2D eigenvalue weighted by atomic mass is 9.95. The Balaban J connectivity index is 1.41. The van der Waals surface area contributed by atoms with E-state index in [-0.39, 0.29) is 0 Å². The lowest BCUT2D eigenvalue weighted by Gasteiger charge is -2.36. The van der Waals surface area contributed by atoms with Crippen molar-refractivity contribution in [2.75, 3.05) is 41.3 Å². The van der Waals surface area contributed by atoms with Gasteiger partial charge in [0.15, 0.2) is 0 Å². The highest BCUT2D eigenvalue weighted by Crippen LogP contribution is 2.23. The van der Waals surface area contributed by atoms with Gasteiger partial charge in [-0.05, 0) is 44.4 Å². The molecule has 0 amide bonds. The molecule has 144 valence electrons. The number of aromatic nitrogens is 2. The second kappa shape index (κ2) is 8.15. The molecule has 0 spiro atoms. The van der Waals surface area contributed by atoms with E-state index in [0.29, 0.717) is 6.04 Å². The van der Waals surface area contributed by atoms with Crippen molar-refractivity contribution < 1.29 is 0 Å². The van der Waals surface area contributed by atoms with E-state index >= 15 is 0 Å². The largest absolute Gasteiger partial charge is 0.368 e. The maximum Gasteiger partial charge on any atom is 0.227 e. The molecule has 1 aromatic heterocycles. The summed E-state index contributed by atoms with van der Waals surface area (Å²) in [6.07, 6.45) is 6.55. The Morgan fingerprint density at radius 2 is 1.63 bits per heavy atom. The molecule has 1 saturated carbocycles. The SMILES string of the molecule is Cc1cccc(N2CCN(c3nc(C)cc(NC4CCCCC4)n3)CC2)c1. The molecule has 2 aliphatic rings. The van der Waals surface area contributed by atoms with Gasteiger partial charge in [-0.25, -0.2) is 4.98 Å². The lowest BCUT2D eigenvalue weighted by molar-refractivity contribution is 0.461. The molecule has 1 N–H and O–H groups in total. The third-order valence-corrected chi connectivity index (χ3v) is 5.73. The van der Waals surface area contributed by atoms with E-state index in [1.54, 1.807) is 0 Å². The molecule has 1 aliphatic carbocycles. The molecule has 2 heterocycles. The number of hydrogen-bond acceptors (Lipinski definition) is 5. The number of piperazine rings is 1. The van der Waals surface area contributed by atoms with Crippen molar-refractivity contribution in [2.45, 2.75) is 52.0 Å². The molecular formula is C22H31N5. The molecule has 1 saturated heterocycles. The fraction of sp³-hybridized carbons (Fsp3) is 0.545. The van der Waals surface area contributed by atoms with Gasteiger partial charge in [-0.15, -0.1) is 0 Å². The molecule has 2 fully saturated rings.